The first kappa shape index (κ1) is 14.0. The van der Waals surface area contributed by atoms with Gasteiger partial charge in [0.25, 0.3) is 0 Å². The highest BCUT2D eigenvalue weighted by Gasteiger charge is 2.23. The number of hydrogen-bond acceptors (Lipinski definition) is 3. The Morgan fingerprint density at radius 2 is 2.12 bits per heavy atom. The molecule has 0 aliphatic heterocycles. The van der Waals surface area contributed by atoms with Crippen LogP contribution in [0.2, 0.25) is 0 Å². The number of nitrogens with two attached hydrogens (primary N) is 1. The molecule has 0 amide bonds. The molecule has 3 nitrogen and oxygen atoms in total. The second-order valence-corrected chi connectivity index (χ2v) is 6.02. The Bertz CT molecular complexity index is 429. The normalized spacial score (nSPS) is 12.9. The van der Waals surface area contributed by atoms with E-state index in [9.17, 15) is 0 Å². The topological polar surface area (TPSA) is 61.8 Å². The molecule has 1 aromatic carbocycles. The van der Waals surface area contributed by atoms with Gasteiger partial charge in [0.2, 0.25) is 0 Å². The molecule has 0 radical (unpaired) electrons. The third-order valence-electron chi connectivity index (χ3n) is 2.71. The Labute approximate surface area is 111 Å². The average Bonchev–Trinajstić information content (AvgIpc) is 2.25. The Balaban J connectivity index is 2.99. The molecule has 1 atom stereocenters. The van der Waals surface area contributed by atoms with E-state index in [4.69, 9.17) is 11.0 Å². The molecule has 0 saturated heterocycles. The van der Waals surface area contributed by atoms with Gasteiger partial charge in [-0.15, -0.1) is 0 Å². The fraction of sp³-hybridized carbons (Fsp3) is 0.462. The molecule has 92 valence electrons. The van der Waals surface area contributed by atoms with E-state index in [-0.39, 0.29) is 11.5 Å². The van der Waals surface area contributed by atoms with Gasteiger partial charge in [0, 0.05) is 17.1 Å². The zero-order valence-electron chi connectivity index (χ0n) is 10.4. The first-order valence-corrected chi connectivity index (χ1v) is 6.34. The van der Waals surface area contributed by atoms with Gasteiger partial charge in [-0.3, -0.25) is 0 Å². The molecule has 0 aliphatic carbocycles. The van der Waals surface area contributed by atoms with E-state index in [1.807, 2.05) is 12.1 Å². The van der Waals surface area contributed by atoms with Crippen LogP contribution in [0.15, 0.2) is 22.7 Å². The van der Waals surface area contributed by atoms with Crippen LogP contribution in [0.25, 0.3) is 0 Å². The zero-order chi connectivity index (χ0) is 13.1. The van der Waals surface area contributed by atoms with Crippen LogP contribution in [0.5, 0.6) is 0 Å². The lowest BCUT2D eigenvalue weighted by Gasteiger charge is -2.31. The van der Waals surface area contributed by atoms with Crippen LogP contribution in [0, 0.1) is 16.7 Å². The first-order chi connectivity index (χ1) is 7.88. The number of nitrogens with one attached hydrogen (secondary N) is 1. The number of anilines is 1. The summed E-state index contributed by atoms with van der Waals surface area (Å²) in [5, 5.41) is 12.4. The van der Waals surface area contributed by atoms with Crippen molar-refractivity contribution in [2.75, 3.05) is 11.9 Å². The molecular formula is C13H18BrN3. The van der Waals surface area contributed by atoms with Crippen LogP contribution >= 0.6 is 15.9 Å². The number of nitrogens with zero attached hydrogens (tertiary/aromatic N) is 1. The van der Waals surface area contributed by atoms with Crippen LogP contribution in [-0.2, 0) is 0 Å². The molecule has 0 spiro atoms. The fourth-order valence-electron chi connectivity index (χ4n) is 1.55. The molecule has 4 heteroatoms. The zero-order valence-corrected chi connectivity index (χ0v) is 12.0. The lowest BCUT2D eigenvalue weighted by molar-refractivity contribution is 0.346. The van der Waals surface area contributed by atoms with Crippen molar-refractivity contribution in [3.8, 4) is 6.07 Å². The van der Waals surface area contributed by atoms with Crippen LogP contribution in [0.1, 0.15) is 26.3 Å². The first-order valence-electron chi connectivity index (χ1n) is 5.54. The third kappa shape index (κ3) is 3.72. The van der Waals surface area contributed by atoms with E-state index >= 15 is 0 Å². The van der Waals surface area contributed by atoms with Crippen LogP contribution in [0.3, 0.4) is 0 Å². The van der Waals surface area contributed by atoms with E-state index in [0.717, 1.165) is 10.2 Å². The lowest BCUT2D eigenvalue weighted by atomic mass is 9.86. The molecule has 1 aromatic rings. The summed E-state index contributed by atoms with van der Waals surface area (Å²) in [6, 6.07) is 7.94. The van der Waals surface area contributed by atoms with Gasteiger partial charge in [0.15, 0.2) is 0 Å². The standard InChI is InChI=1S/C13H18BrN3/c1-13(2,3)12(8-16)17-11-5-4-10(14)6-9(11)7-15/h4-6,12,17H,8,16H2,1-3H3. The van der Waals surface area contributed by atoms with Crippen molar-refractivity contribution in [2.24, 2.45) is 11.1 Å². The summed E-state index contributed by atoms with van der Waals surface area (Å²) in [6.07, 6.45) is 0. The summed E-state index contributed by atoms with van der Waals surface area (Å²) in [5.41, 5.74) is 7.28. The maximum atomic E-state index is 9.09. The Morgan fingerprint density at radius 1 is 1.47 bits per heavy atom. The molecule has 0 bridgehead atoms. The molecule has 0 saturated carbocycles. The van der Waals surface area contributed by atoms with Crippen LogP contribution < -0.4 is 11.1 Å². The molecule has 1 unspecified atom stereocenters. The number of benzene rings is 1. The van der Waals surface area contributed by atoms with Gasteiger partial charge >= 0.3 is 0 Å². The highest BCUT2D eigenvalue weighted by atomic mass is 79.9. The highest BCUT2D eigenvalue weighted by Crippen LogP contribution is 2.26. The van der Waals surface area contributed by atoms with Crippen molar-refractivity contribution in [3.63, 3.8) is 0 Å². The Kier molecular flexibility index (Phi) is 4.55. The predicted molar refractivity (Wildman–Crippen MR) is 74.8 cm³/mol. The van der Waals surface area contributed by atoms with Crippen LogP contribution in [0.4, 0.5) is 5.69 Å². The summed E-state index contributed by atoms with van der Waals surface area (Å²) in [6.45, 7) is 6.91. The van der Waals surface area contributed by atoms with Gasteiger partial charge in [-0.05, 0) is 23.6 Å². The van der Waals surface area contributed by atoms with E-state index in [1.54, 1.807) is 6.07 Å². The monoisotopic (exact) mass is 295 g/mol. The second-order valence-electron chi connectivity index (χ2n) is 5.10. The van der Waals surface area contributed by atoms with Gasteiger partial charge in [-0.25, -0.2) is 0 Å². The molecule has 3 N–H and O–H groups in total. The summed E-state index contributed by atoms with van der Waals surface area (Å²) in [5.74, 6) is 0. The molecule has 0 heterocycles. The van der Waals surface area contributed by atoms with Crippen molar-refractivity contribution in [1.29, 1.82) is 5.26 Å². The van der Waals surface area contributed by atoms with E-state index in [2.05, 4.69) is 48.1 Å². The van der Waals surface area contributed by atoms with Crippen molar-refractivity contribution in [1.82, 2.24) is 0 Å². The fourth-order valence-corrected chi connectivity index (χ4v) is 1.91. The minimum atomic E-state index is 0.0501. The quantitative estimate of drug-likeness (QED) is 0.901. The largest absolute Gasteiger partial charge is 0.379 e. The molecular weight excluding hydrogens is 278 g/mol. The maximum Gasteiger partial charge on any atom is 0.101 e. The molecule has 17 heavy (non-hydrogen) atoms. The van der Waals surface area contributed by atoms with Crippen molar-refractivity contribution >= 4 is 21.6 Å². The average molecular weight is 296 g/mol. The SMILES string of the molecule is CC(C)(C)C(CN)Nc1ccc(Br)cc1C#N. The van der Waals surface area contributed by atoms with E-state index < -0.39 is 0 Å². The number of rotatable bonds is 3. The molecule has 0 fully saturated rings. The Morgan fingerprint density at radius 3 is 2.59 bits per heavy atom. The van der Waals surface area contributed by atoms with Crippen LogP contribution in [-0.4, -0.2) is 12.6 Å². The molecule has 0 aliphatic rings. The minimum Gasteiger partial charge on any atom is -0.379 e. The van der Waals surface area contributed by atoms with E-state index in [0.29, 0.717) is 12.1 Å². The van der Waals surface area contributed by atoms with Gasteiger partial charge in [0.05, 0.1) is 11.3 Å². The van der Waals surface area contributed by atoms with Gasteiger partial charge in [-0.1, -0.05) is 36.7 Å². The van der Waals surface area contributed by atoms with E-state index in [1.165, 1.54) is 0 Å². The summed E-state index contributed by atoms with van der Waals surface area (Å²) < 4.78 is 0.902. The number of nitriles is 1. The predicted octanol–water partition coefficient (Wildman–Crippen LogP) is 3.11. The number of hydrogen-bond donors (Lipinski definition) is 2. The van der Waals surface area contributed by atoms with Crippen molar-refractivity contribution in [3.05, 3.63) is 28.2 Å². The maximum absolute atomic E-state index is 9.09. The molecule has 1 rings (SSSR count). The Hall–Kier alpha value is -1.05. The van der Waals surface area contributed by atoms with Crippen molar-refractivity contribution in [2.45, 2.75) is 26.8 Å². The lowest BCUT2D eigenvalue weighted by Crippen LogP contribution is -2.40. The summed E-state index contributed by atoms with van der Waals surface area (Å²) >= 11 is 3.36. The number of halogens is 1. The highest BCUT2D eigenvalue weighted by molar-refractivity contribution is 9.10. The minimum absolute atomic E-state index is 0.0501. The van der Waals surface area contributed by atoms with Gasteiger partial charge in [-0.2, -0.15) is 5.26 Å². The third-order valence-corrected chi connectivity index (χ3v) is 3.21. The second kappa shape index (κ2) is 5.52. The smallest absolute Gasteiger partial charge is 0.101 e. The molecule has 0 aromatic heterocycles. The summed E-state index contributed by atoms with van der Waals surface area (Å²) in [7, 11) is 0. The van der Waals surface area contributed by atoms with Crippen molar-refractivity contribution < 1.29 is 0 Å². The van der Waals surface area contributed by atoms with Gasteiger partial charge < -0.3 is 11.1 Å². The van der Waals surface area contributed by atoms with Gasteiger partial charge in [0.1, 0.15) is 6.07 Å². The summed E-state index contributed by atoms with van der Waals surface area (Å²) in [4.78, 5) is 0.